The molecule has 0 aromatic carbocycles. The molecule has 2 aliphatic rings. The van der Waals surface area contributed by atoms with Gasteiger partial charge in [-0.3, -0.25) is 10.1 Å². The van der Waals surface area contributed by atoms with Gasteiger partial charge in [0.1, 0.15) is 0 Å². The van der Waals surface area contributed by atoms with Gasteiger partial charge in [-0.2, -0.15) is 0 Å². The smallest absolute Gasteiger partial charge is 0.241 e. The van der Waals surface area contributed by atoms with Gasteiger partial charge in [0.25, 0.3) is 0 Å². The van der Waals surface area contributed by atoms with Crippen LogP contribution in [0.15, 0.2) is 0 Å². The molecule has 1 saturated heterocycles. The maximum Gasteiger partial charge on any atom is 0.241 e. The largest absolute Gasteiger partial charge is 0.323 e. The highest BCUT2D eigenvalue weighted by atomic mass is 16.2. The van der Waals surface area contributed by atoms with E-state index in [4.69, 9.17) is 0 Å². The Morgan fingerprint density at radius 3 is 2.50 bits per heavy atom. The van der Waals surface area contributed by atoms with E-state index >= 15 is 0 Å². The number of carbonyl (C=O) groups is 1. The average Bonchev–Trinajstić information content (AvgIpc) is 3.10. The molecular formula is C15H28N2O. The van der Waals surface area contributed by atoms with Crippen LogP contribution in [0.25, 0.3) is 0 Å². The molecule has 0 aromatic heterocycles. The molecule has 1 aliphatic carbocycles. The fraction of sp³-hybridized carbons (Fsp3) is 0.933. The molecule has 18 heavy (non-hydrogen) atoms. The summed E-state index contributed by atoms with van der Waals surface area (Å²) in [5.74, 6) is 1.65. The molecule has 2 fully saturated rings. The van der Waals surface area contributed by atoms with Crippen LogP contribution < -0.4 is 5.32 Å². The third kappa shape index (κ3) is 2.71. The van der Waals surface area contributed by atoms with Crippen molar-refractivity contribution in [3.8, 4) is 0 Å². The van der Waals surface area contributed by atoms with E-state index in [1.165, 1.54) is 19.3 Å². The first-order valence-electron chi connectivity index (χ1n) is 7.66. The zero-order valence-electron chi connectivity index (χ0n) is 12.3. The summed E-state index contributed by atoms with van der Waals surface area (Å²) < 4.78 is 0. The topological polar surface area (TPSA) is 32.3 Å². The maximum atomic E-state index is 12.6. The van der Waals surface area contributed by atoms with E-state index in [-0.39, 0.29) is 12.2 Å². The van der Waals surface area contributed by atoms with Crippen molar-refractivity contribution < 1.29 is 4.79 Å². The number of hydrogen-bond donors (Lipinski definition) is 1. The van der Waals surface area contributed by atoms with Crippen LogP contribution in [0.4, 0.5) is 0 Å². The average molecular weight is 252 g/mol. The first-order valence-corrected chi connectivity index (χ1v) is 7.66. The van der Waals surface area contributed by atoms with Gasteiger partial charge in [0.2, 0.25) is 5.91 Å². The molecule has 3 heteroatoms. The number of carbonyl (C=O) groups excluding carboxylic acids is 1. The summed E-state index contributed by atoms with van der Waals surface area (Å²) in [6.45, 7) is 8.73. The Kier molecular flexibility index (Phi) is 4.31. The Balaban J connectivity index is 2.04. The Morgan fingerprint density at radius 2 is 2.00 bits per heavy atom. The normalized spacial score (nSPS) is 31.8. The van der Waals surface area contributed by atoms with Gasteiger partial charge in [-0.15, -0.1) is 0 Å². The van der Waals surface area contributed by atoms with Crippen LogP contribution in [0.2, 0.25) is 0 Å². The van der Waals surface area contributed by atoms with Gasteiger partial charge >= 0.3 is 0 Å². The van der Waals surface area contributed by atoms with E-state index in [0.717, 1.165) is 18.8 Å². The number of nitrogens with zero attached hydrogens (tertiary/aromatic N) is 1. The Bertz CT molecular complexity index is 301. The highest BCUT2D eigenvalue weighted by Gasteiger charge is 2.43. The number of amides is 1. The molecular weight excluding hydrogens is 224 g/mol. The predicted octanol–water partition coefficient (Wildman–Crippen LogP) is 2.76. The Morgan fingerprint density at radius 1 is 1.33 bits per heavy atom. The summed E-state index contributed by atoms with van der Waals surface area (Å²) in [6.07, 6.45) is 6.25. The minimum absolute atomic E-state index is 0.0432. The molecule has 4 unspecified atom stereocenters. The molecule has 1 heterocycles. The molecule has 104 valence electrons. The summed E-state index contributed by atoms with van der Waals surface area (Å²) in [7, 11) is 0. The Hall–Kier alpha value is -0.570. The summed E-state index contributed by atoms with van der Waals surface area (Å²) in [5.41, 5.74) is 0. The molecule has 0 spiro atoms. The van der Waals surface area contributed by atoms with Gasteiger partial charge in [0, 0.05) is 6.04 Å². The second kappa shape index (κ2) is 5.60. The van der Waals surface area contributed by atoms with Crippen LogP contribution in [-0.4, -0.2) is 29.1 Å². The molecule has 2 rings (SSSR count). The standard InChI is InChI=1S/C15H28N2O/c1-5-10(3)14-15(18)17(13(6-2)16-14)11(4)9-12-7-8-12/h10-14,16H,5-9H2,1-4H3. The molecule has 1 N–H and O–H groups in total. The number of hydrogen-bond acceptors (Lipinski definition) is 2. The van der Waals surface area contributed by atoms with Gasteiger partial charge in [-0.1, -0.05) is 40.0 Å². The molecule has 0 bridgehead atoms. The molecule has 3 nitrogen and oxygen atoms in total. The van der Waals surface area contributed by atoms with Crippen molar-refractivity contribution in [2.75, 3.05) is 0 Å². The summed E-state index contributed by atoms with van der Waals surface area (Å²) in [4.78, 5) is 14.7. The third-order valence-corrected chi connectivity index (χ3v) is 4.67. The minimum Gasteiger partial charge on any atom is -0.323 e. The van der Waals surface area contributed by atoms with Gasteiger partial charge < -0.3 is 4.90 Å². The molecule has 0 radical (unpaired) electrons. The number of nitrogens with one attached hydrogen (secondary N) is 1. The molecule has 4 atom stereocenters. The lowest BCUT2D eigenvalue weighted by molar-refractivity contribution is -0.133. The SMILES string of the molecule is CCC(C)C1NC(CC)N(C(C)CC2CC2)C1=O. The summed E-state index contributed by atoms with van der Waals surface area (Å²) in [5, 5.41) is 3.54. The highest BCUT2D eigenvalue weighted by molar-refractivity contribution is 5.85. The molecule has 1 amide bonds. The van der Waals surface area contributed by atoms with Crippen LogP contribution in [0.1, 0.15) is 59.8 Å². The maximum absolute atomic E-state index is 12.6. The summed E-state index contributed by atoms with van der Waals surface area (Å²) in [6, 6.07) is 0.443. The second-order valence-corrected chi connectivity index (χ2v) is 6.23. The van der Waals surface area contributed by atoms with Crippen molar-refractivity contribution in [2.45, 2.75) is 78.0 Å². The predicted molar refractivity (Wildman–Crippen MR) is 74.1 cm³/mol. The van der Waals surface area contributed by atoms with E-state index in [1.54, 1.807) is 0 Å². The molecule has 1 aliphatic heterocycles. The van der Waals surface area contributed by atoms with Gasteiger partial charge in [0.15, 0.2) is 0 Å². The van der Waals surface area contributed by atoms with Gasteiger partial charge in [-0.25, -0.2) is 0 Å². The van der Waals surface area contributed by atoms with E-state index in [1.807, 2.05) is 0 Å². The second-order valence-electron chi connectivity index (χ2n) is 6.23. The first-order chi connectivity index (χ1) is 8.58. The van der Waals surface area contributed by atoms with Crippen LogP contribution in [0, 0.1) is 11.8 Å². The van der Waals surface area contributed by atoms with Crippen LogP contribution in [0.5, 0.6) is 0 Å². The van der Waals surface area contributed by atoms with Crippen LogP contribution in [0.3, 0.4) is 0 Å². The van der Waals surface area contributed by atoms with Gasteiger partial charge in [-0.05, 0) is 31.6 Å². The fourth-order valence-electron chi connectivity index (χ4n) is 3.10. The van der Waals surface area contributed by atoms with Crippen LogP contribution >= 0.6 is 0 Å². The van der Waals surface area contributed by atoms with Crippen molar-refractivity contribution >= 4 is 5.91 Å². The minimum atomic E-state index is 0.0432. The monoisotopic (exact) mass is 252 g/mol. The highest BCUT2D eigenvalue weighted by Crippen LogP contribution is 2.36. The van der Waals surface area contributed by atoms with Gasteiger partial charge in [0.05, 0.1) is 12.2 Å². The zero-order valence-corrected chi connectivity index (χ0v) is 12.3. The van der Waals surface area contributed by atoms with Crippen molar-refractivity contribution in [1.29, 1.82) is 0 Å². The first kappa shape index (κ1) is 13.9. The van der Waals surface area contributed by atoms with E-state index in [2.05, 4.69) is 37.9 Å². The Labute approximate surface area is 111 Å². The lowest BCUT2D eigenvalue weighted by atomic mass is 9.99. The fourth-order valence-corrected chi connectivity index (χ4v) is 3.10. The quantitative estimate of drug-likeness (QED) is 0.788. The van der Waals surface area contributed by atoms with Crippen molar-refractivity contribution in [1.82, 2.24) is 10.2 Å². The number of rotatable bonds is 6. The van der Waals surface area contributed by atoms with Crippen LogP contribution in [-0.2, 0) is 4.79 Å². The van der Waals surface area contributed by atoms with Crippen molar-refractivity contribution in [3.63, 3.8) is 0 Å². The van der Waals surface area contributed by atoms with Crippen molar-refractivity contribution in [2.24, 2.45) is 11.8 Å². The van der Waals surface area contributed by atoms with E-state index in [0.29, 0.717) is 17.9 Å². The molecule has 0 aromatic rings. The molecule has 1 saturated carbocycles. The lowest BCUT2D eigenvalue weighted by Gasteiger charge is -2.30. The van der Waals surface area contributed by atoms with E-state index in [9.17, 15) is 4.79 Å². The summed E-state index contributed by atoms with van der Waals surface area (Å²) >= 11 is 0. The third-order valence-electron chi connectivity index (χ3n) is 4.67. The van der Waals surface area contributed by atoms with E-state index < -0.39 is 0 Å². The lowest BCUT2D eigenvalue weighted by Crippen LogP contribution is -2.43. The zero-order chi connectivity index (χ0) is 13.3. The van der Waals surface area contributed by atoms with Crippen molar-refractivity contribution in [3.05, 3.63) is 0 Å².